The summed E-state index contributed by atoms with van der Waals surface area (Å²) in [7, 11) is 0. The first-order valence-corrected chi connectivity index (χ1v) is 9.53. The Kier molecular flexibility index (Phi) is 4.65. The zero-order valence-corrected chi connectivity index (χ0v) is 14.5. The first-order valence-electron chi connectivity index (χ1n) is 9.53. The minimum atomic E-state index is -4.31. The van der Waals surface area contributed by atoms with E-state index in [0.29, 0.717) is 11.9 Å². The number of halogens is 3. The van der Waals surface area contributed by atoms with Crippen molar-refractivity contribution in [1.82, 2.24) is 9.88 Å². The van der Waals surface area contributed by atoms with E-state index < -0.39 is 11.7 Å². The lowest BCUT2D eigenvalue weighted by molar-refractivity contribution is -0.137. The molecule has 1 atom stereocenters. The maximum atomic E-state index is 12.7. The average molecular weight is 353 g/mol. The molecular weight excluding hydrogens is 327 g/mol. The van der Waals surface area contributed by atoms with Gasteiger partial charge in [-0.1, -0.05) is 0 Å². The molecular formula is C19H26F3N3. The van der Waals surface area contributed by atoms with Gasteiger partial charge in [-0.2, -0.15) is 13.2 Å². The number of nitrogens with zero attached hydrogens (tertiary/aromatic N) is 3. The van der Waals surface area contributed by atoms with E-state index in [0.717, 1.165) is 50.0 Å². The van der Waals surface area contributed by atoms with Crippen LogP contribution in [0.3, 0.4) is 0 Å². The first-order chi connectivity index (χ1) is 12.0. The summed E-state index contributed by atoms with van der Waals surface area (Å²) < 4.78 is 38.0. The summed E-state index contributed by atoms with van der Waals surface area (Å²) in [6.07, 6.45) is 4.38. The van der Waals surface area contributed by atoms with Crippen molar-refractivity contribution in [2.45, 2.75) is 50.7 Å². The van der Waals surface area contributed by atoms with Crippen LogP contribution < -0.4 is 4.90 Å². The second-order valence-electron chi connectivity index (χ2n) is 7.86. The Bertz CT molecular complexity index is 575. The molecule has 0 N–H and O–H groups in total. The van der Waals surface area contributed by atoms with Crippen molar-refractivity contribution >= 4 is 5.82 Å². The molecule has 0 aromatic carbocycles. The standard InChI is InChI=1S/C19H26F3N3/c20-19(21,22)16-5-6-18(23-12-16)24-10-7-17(8-11-24)25-9-1-2-15(13-25)14-3-4-14/h5-6,12,14-15,17H,1-4,7-11,13H2. The summed E-state index contributed by atoms with van der Waals surface area (Å²) in [6.45, 7) is 4.24. The van der Waals surface area contributed by atoms with Crippen LogP contribution in [0.1, 0.15) is 44.1 Å². The molecule has 25 heavy (non-hydrogen) atoms. The third kappa shape index (κ3) is 3.94. The number of piperidine rings is 2. The number of rotatable bonds is 3. The van der Waals surface area contributed by atoms with Gasteiger partial charge in [0.25, 0.3) is 0 Å². The minimum Gasteiger partial charge on any atom is -0.357 e. The lowest BCUT2D eigenvalue weighted by Gasteiger charge is -2.42. The molecule has 1 unspecified atom stereocenters. The van der Waals surface area contributed by atoms with Gasteiger partial charge in [0.15, 0.2) is 0 Å². The molecule has 3 nitrogen and oxygen atoms in total. The lowest BCUT2D eigenvalue weighted by atomic mass is 9.90. The molecule has 4 rings (SSSR count). The van der Waals surface area contributed by atoms with Gasteiger partial charge in [0, 0.05) is 31.9 Å². The fourth-order valence-corrected chi connectivity index (χ4v) is 4.53. The van der Waals surface area contributed by atoms with Crippen LogP contribution in [0.25, 0.3) is 0 Å². The van der Waals surface area contributed by atoms with Crippen LogP contribution >= 0.6 is 0 Å². The number of alkyl halides is 3. The zero-order valence-electron chi connectivity index (χ0n) is 14.5. The molecule has 0 amide bonds. The Hall–Kier alpha value is -1.30. The van der Waals surface area contributed by atoms with Gasteiger partial charge in [0.2, 0.25) is 0 Å². The number of likely N-dealkylation sites (tertiary alicyclic amines) is 1. The van der Waals surface area contributed by atoms with E-state index in [9.17, 15) is 13.2 Å². The summed E-state index contributed by atoms with van der Waals surface area (Å²) in [5.41, 5.74) is -0.675. The number of anilines is 1. The van der Waals surface area contributed by atoms with Gasteiger partial charge in [-0.25, -0.2) is 4.98 Å². The largest absolute Gasteiger partial charge is 0.417 e. The molecule has 138 valence electrons. The van der Waals surface area contributed by atoms with Crippen LogP contribution in [0.15, 0.2) is 18.3 Å². The summed E-state index contributed by atoms with van der Waals surface area (Å²) in [5.74, 6) is 2.56. The summed E-state index contributed by atoms with van der Waals surface area (Å²) >= 11 is 0. The van der Waals surface area contributed by atoms with E-state index in [1.165, 1.54) is 44.8 Å². The molecule has 1 aliphatic carbocycles. The summed E-state index contributed by atoms with van der Waals surface area (Å²) in [4.78, 5) is 8.85. The van der Waals surface area contributed by atoms with Crippen LogP contribution in [0.5, 0.6) is 0 Å². The van der Waals surface area contributed by atoms with Crippen LogP contribution in [-0.4, -0.2) is 42.1 Å². The third-order valence-corrected chi connectivity index (χ3v) is 6.16. The average Bonchev–Trinajstić information content (AvgIpc) is 3.47. The number of hydrogen-bond donors (Lipinski definition) is 0. The van der Waals surface area contributed by atoms with Crippen LogP contribution in [0.2, 0.25) is 0 Å². The van der Waals surface area contributed by atoms with Gasteiger partial charge in [-0.3, -0.25) is 4.90 Å². The predicted molar refractivity (Wildman–Crippen MR) is 91.5 cm³/mol. The van der Waals surface area contributed by atoms with Gasteiger partial charge in [-0.05, 0) is 69.0 Å². The fourth-order valence-electron chi connectivity index (χ4n) is 4.53. The lowest BCUT2D eigenvalue weighted by Crippen LogP contribution is -2.49. The van der Waals surface area contributed by atoms with E-state index >= 15 is 0 Å². The van der Waals surface area contributed by atoms with Crippen molar-refractivity contribution in [3.8, 4) is 0 Å². The van der Waals surface area contributed by atoms with E-state index in [2.05, 4.69) is 14.8 Å². The SMILES string of the molecule is FC(F)(F)c1ccc(N2CCC(N3CCCC(C4CC4)C3)CC2)nc1. The molecule has 1 saturated carbocycles. The Morgan fingerprint density at radius 1 is 0.920 bits per heavy atom. The Labute approximate surface area is 147 Å². The first kappa shape index (κ1) is 17.1. The van der Waals surface area contributed by atoms with Crippen LogP contribution in [-0.2, 0) is 6.18 Å². The second-order valence-corrected chi connectivity index (χ2v) is 7.86. The summed E-state index contributed by atoms with van der Waals surface area (Å²) in [5, 5.41) is 0. The maximum Gasteiger partial charge on any atom is 0.417 e. The highest BCUT2D eigenvalue weighted by atomic mass is 19.4. The van der Waals surface area contributed by atoms with Crippen molar-refractivity contribution in [1.29, 1.82) is 0 Å². The van der Waals surface area contributed by atoms with E-state index in [1.54, 1.807) is 0 Å². The van der Waals surface area contributed by atoms with Crippen molar-refractivity contribution in [2.75, 3.05) is 31.1 Å². The quantitative estimate of drug-likeness (QED) is 0.812. The monoisotopic (exact) mass is 353 g/mol. The van der Waals surface area contributed by atoms with Gasteiger partial charge in [0.1, 0.15) is 5.82 Å². The molecule has 0 spiro atoms. The van der Waals surface area contributed by atoms with Crippen LogP contribution in [0.4, 0.5) is 19.0 Å². The molecule has 6 heteroatoms. The zero-order chi connectivity index (χ0) is 17.4. The van der Waals surface area contributed by atoms with Crippen molar-refractivity contribution in [3.63, 3.8) is 0 Å². The molecule has 3 fully saturated rings. The Morgan fingerprint density at radius 3 is 2.28 bits per heavy atom. The number of hydrogen-bond acceptors (Lipinski definition) is 3. The molecule has 1 aromatic heterocycles. The topological polar surface area (TPSA) is 19.4 Å². The van der Waals surface area contributed by atoms with Crippen molar-refractivity contribution in [3.05, 3.63) is 23.9 Å². The normalized spacial score (nSPS) is 26.8. The fraction of sp³-hybridized carbons (Fsp3) is 0.737. The minimum absolute atomic E-state index is 0.632. The highest BCUT2D eigenvalue weighted by Gasteiger charge is 2.36. The van der Waals surface area contributed by atoms with Gasteiger partial charge < -0.3 is 4.90 Å². The van der Waals surface area contributed by atoms with E-state index in [1.807, 2.05) is 0 Å². The Balaban J connectivity index is 1.32. The highest BCUT2D eigenvalue weighted by molar-refractivity contribution is 5.40. The predicted octanol–water partition coefficient (Wildman–Crippen LogP) is 4.19. The van der Waals surface area contributed by atoms with Gasteiger partial charge >= 0.3 is 6.18 Å². The molecule has 1 aromatic rings. The highest BCUT2D eigenvalue weighted by Crippen LogP contribution is 2.41. The molecule has 3 aliphatic rings. The molecule has 2 saturated heterocycles. The van der Waals surface area contributed by atoms with Gasteiger partial charge in [-0.15, -0.1) is 0 Å². The number of aromatic nitrogens is 1. The Morgan fingerprint density at radius 2 is 1.68 bits per heavy atom. The number of pyridine rings is 1. The second kappa shape index (κ2) is 6.78. The van der Waals surface area contributed by atoms with Gasteiger partial charge in [0.05, 0.1) is 5.56 Å². The summed E-state index contributed by atoms with van der Waals surface area (Å²) in [6, 6.07) is 3.28. The third-order valence-electron chi connectivity index (χ3n) is 6.16. The van der Waals surface area contributed by atoms with E-state index in [4.69, 9.17) is 0 Å². The van der Waals surface area contributed by atoms with Crippen molar-refractivity contribution < 1.29 is 13.2 Å². The molecule has 3 heterocycles. The molecule has 0 radical (unpaired) electrons. The van der Waals surface area contributed by atoms with E-state index in [-0.39, 0.29) is 0 Å². The molecule has 0 bridgehead atoms. The maximum absolute atomic E-state index is 12.7. The molecule has 2 aliphatic heterocycles. The van der Waals surface area contributed by atoms with Crippen LogP contribution in [0, 0.1) is 11.8 Å². The van der Waals surface area contributed by atoms with Crippen molar-refractivity contribution in [2.24, 2.45) is 11.8 Å². The smallest absolute Gasteiger partial charge is 0.357 e.